The zero-order valence-corrected chi connectivity index (χ0v) is 6.56. The summed E-state index contributed by atoms with van der Waals surface area (Å²) in [7, 11) is 0. The smallest absolute Gasteiger partial charge is 0.189 e. The first-order valence-corrected chi connectivity index (χ1v) is 2.98. The molecule has 0 saturated heterocycles. The van der Waals surface area contributed by atoms with Gasteiger partial charge >= 0.3 is 18.8 Å². The van der Waals surface area contributed by atoms with E-state index in [4.69, 9.17) is 0 Å². The summed E-state index contributed by atoms with van der Waals surface area (Å²) in [6.45, 7) is 1.72. The highest BCUT2D eigenvalue weighted by molar-refractivity contribution is 5.03. The highest BCUT2D eigenvalue weighted by Crippen LogP contribution is 2.41. The summed E-state index contributed by atoms with van der Waals surface area (Å²) in [4.78, 5) is -2.69. The number of halogens is 9. The Morgan fingerprint density at radius 3 is 1.07 bits per heavy atom. The highest BCUT2D eigenvalue weighted by Gasteiger charge is 2.59. The molecule has 1 nitrogen and oxygen atoms in total. The Balaban J connectivity index is 5.26. The van der Waals surface area contributed by atoms with Crippen molar-refractivity contribution in [2.24, 2.45) is 0 Å². The van der Waals surface area contributed by atoms with Crippen molar-refractivity contribution in [3.05, 3.63) is 12.3 Å². The van der Waals surface area contributed by atoms with E-state index in [1.54, 1.807) is 6.58 Å². The van der Waals surface area contributed by atoms with E-state index in [0.29, 0.717) is 0 Å². The molecule has 0 aliphatic heterocycles. The van der Waals surface area contributed by atoms with Gasteiger partial charge in [-0.05, 0) is 0 Å². The van der Waals surface area contributed by atoms with E-state index in [-0.39, 0.29) is 0 Å². The van der Waals surface area contributed by atoms with E-state index in [1.165, 1.54) is 0 Å². The molecular weight excluding hydrogens is 245 g/mol. The fraction of sp³-hybridized carbons (Fsp3) is 0.600. The van der Waals surface area contributed by atoms with Crippen LogP contribution in [0.25, 0.3) is 0 Å². The average Bonchev–Trinajstić information content (AvgIpc) is 1.76. The molecule has 0 spiro atoms. The van der Waals surface area contributed by atoms with Crippen LogP contribution >= 0.6 is 0 Å². The number of rotatable bonds is 1. The van der Waals surface area contributed by atoms with Crippen molar-refractivity contribution < 1.29 is 39.5 Å². The lowest BCUT2D eigenvalue weighted by molar-refractivity contribution is -0.370. The summed E-state index contributed by atoms with van der Waals surface area (Å²) in [5, 5.41) is 0. The molecule has 90 valence electrons. The fourth-order valence-electron chi connectivity index (χ4n) is 0.577. The van der Waals surface area contributed by atoms with Gasteiger partial charge in [-0.25, -0.2) is 0 Å². The Morgan fingerprint density at radius 1 is 0.733 bits per heavy atom. The summed E-state index contributed by atoms with van der Waals surface area (Å²) in [5.74, 6) is 0. The summed E-state index contributed by atoms with van der Waals surface area (Å²) < 4.78 is 105. The molecule has 15 heavy (non-hydrogen) atoms. The number of nitrogens with zero attached hydrogens (tertiary/aromatic N) is 1. The molecule has 0 unspecified atom stereocenters. The maximum absolute atomic E-state index is 11.6. The molecule has 0 bridgehead atoms. The molecule has 0 aliphatic rings. The van der Waals surface area contributed by atoms with Crippen molar-refractivity contribution in [1.29, 1.82) is 0 Å². The van der Waals surface area contributed by atoms with Crippen LogP contribution in [0.1, 0.15) is 0 Å². The second-order valence-corrected chi connectivity index (χ2v) is 2.22. The normalized spacial score (nSPS) is 13.9. The molecule has 0 aliphatic carbocycles. The van der Waals surface area contributed by atoms with Gasteiger partial charge in [0.2, 0.25) is 0 Å². The van der Waals surface area contributed by atoms with Crippen LogP contribution < -0.4 is 0 Å². The predicted octanol–water partition coefficient (Wildman–Crippen LogP) is 3.40. The third-order valence-electron chi connectivity index (χ3n) is 1.10. The quantitative estimate of drug-likeness (QED) is 0.507. The maximum Gasteiger partial charge on any atom is 0.491 e. The zero-order chi connectivity index (χ0) is 12.7. The minimum absolute atomic E-state index is 1.72. The third-order valence-corrected chi connectivity index (χ3v) is 1.10. The summed E-state index contributed by atoms with van der Waals surface area (Å²) in [5.41, 5.74) is -3.04. The van der Waals surface area contributed by atoms with Crippen molar-refractivity contribution in [2.75, 3.05) is 0 Å². The summed E-state index contributed by atoms with van der Waals surface area (Å²) in [6.07, 6.45) is -18.3. The molecule has 10 heteroatoms. The lowest BCUT2D eigenvalue weighted by atomic mass is 10.4. The van der Waals surface area contributed by atoms with Crippen LogP contribution in [0.2, 0.25) is 0 Å². The number of allylic oxidation sites excluding steroid dienone is 1. The summed E-state index contributed by atoms with van der Waals surface area (Å²) in [6, 6.07) is 0. The zero-order valence-electron chi connectivity index (χ0n) is 6.56. The first-order chi connectivity index (χ1) is 6.28. The van der Waals surface area contributed by atoms with Gasteiger partial charge in [0.25, 0.3) is 0 Å². The van der Waals surface area contributed by atoms with Gasteiger partial charge in [-0.15, -0.1) is 26.3 Å². The van der Waals surface area contributed by atoms with Crippen LogP contribution in [0.4, 0.5) is 39.5 Å². The third kappa shape index (κ3) is 3.51. The van der Waals surface area contributed by atoms with E-state index in [2.05, 4.69) is 0 Å². The second kappa shape index (κ2) is 3.49. The minimum Gasteiger partial charge on any atom is -0.189 e. The number of hydrogen-bond donors (Lipinski definition) is 0. The van der Waals surface area contributed by atoms with Crippen molar-refractivity contribution >= 4 is 0 Å². The van der Waals surface area contributed by atoms with Gasteiger partial charge in [0.1, 0.15) is 5.70 Å². The van der Waals surface area contributed by atoms with Gasteiger partial charge in [0, 0.05) is 0 Å². The van der Waals surface area contributed by atoms with Gasteiger partial charge in [-0.3, -0.25) is 0 Å². The van der Waals surface area contributed by atoms with Crippen molar-refractivity contribution in [3.63, 3.8) is 0 Å². The Hall–Kier alpha value is -1.09. The molecule has 0 amide bonds. The number of alkyl halides is 9. The van der Waals surface area contributed by atoms with Crippen LogP contribution in [0, 0.1) is 0 Å². The molecule has 0 radical (unpaired) electrons. The van der Waals surface area contributed by atoms with E-state index < -0.39 is 29.4 Å². The standard InChI is InChI=1S/C5H2F9N/c1-2(3(6,7)8)15(4(9,10)11)5(12,13)14/h1H2. The van der Waals surface area contributed by atoms with Crippen molar-refractivity contribution in [2.45, 2.75) is 18.8 Å². The Morgan fingerprint density at radius 2 is 1.00 bits per heavy atom. The largest absolute Gasteiger partial charge is 0.491 e. The molecule has 0 aromatic heterocycles. The molecule has 0 fully saturated rings. The monoisotopic (exact) mass is 247 g/mol. The van der Waals surface area contributed by atoms with Crippen molar-refractivity contribution in [3.8, 4) is 0 Å². The van der Waals surface area contributed by atoms with E-state index >= 15 is 0 Å². The predicted molar refractivity (Wildman–Crippen MR) is 29.1 cm³/mol. The molecular formula is C5H2F9N. The first-order valence-electron chi connectivity index (χ1n) is 2.98. The summed E-state index contributed by atoms with van der Waals surface area (Å²) >= 11 is 0. The van der Waals surface area contributed by atoms with Gasteiger partial charge < -0.3 is 0 Å². The van der Waals surface area contributed by atoms with Gasteiger partial charge in [-0.2, -0.15) is 18.1 Å². The molecule has 0 atom stereocenters. The Kier molecular flexibility index (Phi) is 3.24. The highest BCUT2D eigenvalue weighted by atomic mass is 19.4. The molecule has 0 N–H and O–H groups in total. The molecule has 0 rings (SSSR count). The molecule has 0 aromatic rings. The topological polar surface area (TPSA) is 3.24 Å². The Labute approximate surface area is 76.8 Å². The van der Waals surface area contributed by atoms with Crippen LogP contribution in [0.15, 0.2) is 12.3 Å². The lowest BCUT2D eigenvalue weighted by Crippen LogP contribution is -2.50. The second-order valence-electron chi connectivity index (χ2n) is 2.22. The molecule has 0 heterocycles. The average molecular weight is 247 g/mol. The molecule has 0 aromatic carbocycles. The van der Waals surface area contributed by atoms with Crippen molar-refractivity contribution in [1.82, 2.24) is 4.90 Å². The maximum atomic E-state index is 11.6. The van der Waals surface area contributed by atoms with Crippen LogP contribution in [0.3, 0.4) is 0 Å². The SMILES string of the molecule is C=C(N(C(F)(F)F)C(F)(F)F)C(F)(F)F. The fourth-order valence-corrected chi connectivity index (χ4v) is 0.577. The van der Waals surface area contributed by atoms with E-state index in [0.717, 1.165) is 0 Å². The molecule has 0 saturated carbocycles. The van der Waals surface area contributed by atoms with Crippen LogP contribution in [0.5, 0.6) is 0 Å². The first kappa shape index (κ1) is 13.9. The Bertz CT molecular complexity index is 229. The van der Waals surface area contributed by atoms with Gasteiger partial charge in [0.05, 0.1) is 0 Å². The number of hydrogen-bond acceptors (Lipinski definition) is 1. The van der Waals surface area contributed by atoms with Gasteiger partial charge in [0.15, 0.2) is 0 Å². The van der Waals surface area contributed by atoms with Crippen LogP contribution in [-0.2, 0) is 0 Å². The lowest BCUT2D eigenvalue weighted by Gasteiger charge is -2.30. The minimum atomic E-state index is -6.23. The van der Waals surface area contributed by atoms with E-state index in [9.17, 15) is 39.5 Å². The van der Waals surface area contributed by atoms with E-state index in [1.807, 2.05) is 0 Å². The van der Waals surface area contributed by atoms with Crippen LogP contribution in [-0.4, -0.2) is 23.7 Å². The van der Waals surface area contributed by atoms with Gasteiger partial charge in [-0.1, -0.05) is 6.58 Å².